The number of hydrogen-bond acceptors (Lipinski definition) is 13. The van der Waals surface area contributed by atoms with Crippen molar-refractivity contribution in [3.05, 3.63) is 66.7 Å². The highest BCUT2D eigenvalue weighted by atomic mass is 16.7. The molecule has 1 heterocycles. The molecule has 2 N–H and O–H groups in total. The van der Waals surface area contributed by atoms with E-state index in [-0.39, 0.29) is 55.9 Å². The second-order valence-electron chi connectivity index (χ2n) is 15.0. The molecule has 13 nitrogen and oxygen atoms in total. The molecule has 0 fully saturated rings. The van der Waals surface area contributed by atoms with Crippen molar-refractivity contribution in [1.29, 1.82) is 0 Å². The van der Waals surface area contributed by atoms with Gasteiger partial charge in [0.15, 0.2) is 23.6 Å². The van der Waals surface area contributed by atoms with Crippen LogP contribution in [0.4, 0.5) is 0 Å². The summed E-state index contributed by atoms with van der Waals surface area (Å²) in [4.78, 5) is 26.0. The number of unbranched alkanes of at least 4 members (excludes halogenated alkanes) is 2. The van der Waals surface area contributed by atoms with Gasteiger partial charge in [0.25, 0.3) is 0 Å². The predicted octanol–water partition coefficient (Wildman–Crippen LogP) is 9.43. The van der Waals surface area contributed by atoms with Crippen molar-refractivity contribution in [2.75, 3.05) is 53.5 Å². The summed E-state index contributed by atoms with van der Waals surface area (Å²) in [5, 5.41) is 22.6. The SMILES string of the molecule is CCCCC(CC)COCC(COc1ccc(-c2nc(-c3ccccc3)nc(-c3ccc(OCC(COCC(CC)CCCC)OC(C)=O)cc3O)n2)c(O)c1)OCOC. The van der Waals surface area contributed by atoms with E-state index >= 15 is 0 Å². The van der Waals surface area contributed by atoms with E-state index in [1.54, 1.807) is 31.4 Å². The number of aromatic hydroxyl groups is 2. The molecule has 0 saturated heterocycles. The second-order valence-corrected chi connectivity index (χ2v) is 15.0. The first-order valence-electron chi connectivity index (χ1n) is 21.3. The van der Waals surface area contributed by atoms with Crippen molar-refractivity contribution in [2.24, 2.45) is 11.8 Å². The van der Waals surface area contributed by atoms with Crippen LogP contribution in [-0.2, 0) is 28.5 Å². The Morgan fingerprint density at radius 3 is 1.60 bits per heavy atom. The molecule has 0 spiro atoms. The molecule has 0 amide bonds. The van der Waals surface area contributed by atoms with Crippen molar-refractivity contribution in [3.63, 3.8) is 0 Å². The number of aromatic nitrogens is 3. The normalized spacial score (nSPS) is 13.4. The summed E-state index contributed by atoms with van der Waals surface area (Å²) >= 11 is 0. The summed E-state index contributed by atoms with van der Waals surface area (Å²) in [6, 6.07) is 19.0. The summed E-state index contributed by atoms with van der Waals surface area (Å²) in [7, 11) is 1.56. The lowest BCUT2D eigenvalue weighted by Gasteiger charge is -2.21. The van der Waals surface area contributed by atoms with Crippen molar-refractivity contribution in [3.8, 4) is 57.2 Å². The molecule has 0 radical (unpaired) electrons. The summed E-state index contributed by atoms with van der Waals surface area (Å²) in [6.45, 7) is 12.1. The number of hydrogen-bond donors (Lipinski definition) is 2. The van der Waals surface area contributed by atoms with Crippen LogP contribution in [0.3, 0.4) is 0 Å². The second kappa shape index (κ2) is 26.4. The van der Waals surface area contributed by atoms with Crippen LogP contribution in [0, 0.1) is 11.8 Å². The molecule has 0 aliphatic heterocycles. The van der Waals surface area contributed by atoms with E-state index in [9.17, 15) is 15.0 Å². The third kappa shape index (κ3) is 16.0. The van der Waals surface area contributed by atoms with E-state index in [4.69, 9.17) is 48.1 Å². The number of phenolic OH excluding ortho intramolecular Hbond substituents is 2. The largest absolute Gasteiger partial charge is 0.507 e. The van der Waals surface area contributed by atoms with Gasteiger partial charge in [-0.15, -0.1) is 0 Å². The third-order valence-corrected chi connectivity index (χ3v) is 10.1. The number of rotatable bonds is 29. The summed E-state index contributed by atoms with van der Waals surface area (Å²) < 4.78 is 40.4. The molecule has 328 valence electrons. The Hall–Kier alpha value is -4.82. The minimum Gasteiger partial charge on any atom is -0.507 e. The van der Waals surface area contributed by atoms with Gasteiger partial charge in [-0.1, -0.05) is 96.6 Å². The number of nitrogens with zero attached hydrogens (tertiary/aromatic N) is 3. The number of methoxy groups -OCH3 is 1. The van der Waals surface area contributed by atoms with Crippen LogP contribution in [0.1, 0.15) is 86.0 Å². The zero-order valence-corrected chi connectivity index (χ0v) is 36.3. The highest BCUT2D eigenvalue weighted by Crippen LogP contribution is 2.36. The standard InChI is InChI=1S/C47H65N3O10/c1-7-11-16-34(9-3)26-55-28-39(59-32-54-6)30-57-37-20-22-41(43(52)24-37)46-48-45(36-18-14-13-15-19-36)49-47(50-46)42-23-21-38(25-44(42)53)58-31-40(60-33(5)51)29-56-27-35(10-4)17-12-8-2/h13-15,18-25,34-35,39-40,52-53H,7-12,16-17,26-32H2,1-6H3. The molecular weight excluding hydrogens is 767 g/mol. The third-order valence-electron chi connectivity index (χ3n) is 10.1. The average molecular weight is 832 g/mol. The van der Waals surface area contributed by atoms with E-state index < -0.39 is 12.1 Å². The van der Waals surface area contributed by atoms with Crippen LogP contribution < -0.4 is 9.47 Å². The summed E-state index contributed by atoms with van der Waals surface area (Å²) in [6.07, 6.45) is 7.88. The lowest BCUT2D eigenvalue weighted by atomic mass is 10.0. The van der Waals surface area contributed by atoms with Crippen LogP contribution in [-0.4, -0.2) is 96.9 Å². The molecule has 4 atom stereocenters. The molecule has 0 aliphatic rings. The Balaban J connectivity index is 1.50. The first kappa shape index (κ1) is 47.9. The zero-order valence-electron chi connectivity index (χ0n) is 36.3. The first-order chi connectivity index (χ1) is 29.2. The van der Waals surface area contributed by atoms with Gasteiger partial charge in [-0.2, -0.15) is 0 Å². The molecular formula is C47H65N3O10. The highest BCUT2D eigenvalue weighted by Gasteiger charge is 2.20. The Morgan fingerprint density at radius 1 is 0.633 bits per heavy atom. The molecule has 0 aliphatic carbocycles. The van der Waals surface area contributed by atoms with Crippen molar-refractivity contribution < 1.29 is 48.2 Å². The van der Waals surface area contributed by atoms with Crippen LogP contribution in [0.5, 0.6) is 23.0 Å². The van der Waals surface area contributed by atoms with Gasteiger partial charge in [0, 0.05) is 44.9 Å². The van der Waals surface area contributed by atoms with Gasteiger partial charge in [0.2, 0.25) is 0 Å². The van der Waals surface area contributed by atoms with Crippen molar-refractivity contribution in [2.45, 2.75) is 98.2 Å². The smallest absolute Gasteiger partial charge is 0.303 e. The molecule has 13 heteroatoms. The van der Waals surface area contributed by atoms with Crippen molar-refractivity contribution >= 4 is 5.97 Å². The molecule has 60 heavy (non-hydrogen) atoms. The number of carbonyl (C=O) groups is 1. The zero-order chi connectivity index (χ0) is 43.1. The number of phenols is 2. The molecule has 3 aromatic carbocycles. The van der Waals surface area contributed by atoms with Gasteiger partial charge in [0.1, 0.15) is 49.1 Å². The van der Waals surface area contributed by atoms with E-state index in [0.717, 1.165) is 50.5 Å². The van der Waals surface area contributed by atoms with Gasteiger partial charge in [-0.05, 0) is 48.9 Å². The quantitative estimate of drug-likeness (QED) is 0.0394. The van der Waals surface area contributed by atoms with E-state index in [0.29, 0.717) is 60.1 Å². The Labute approximate surface area is 355 Å². The van der Waals surface area contributed by atoms with Crippen LogP contribution >= 0.6 is 0 Å². The Morgan fingerprint density at radius 2 is 1.13 bits per heavy atom. The molecule has 1 aromatic heterocycles. The monoisotopic (exact) mass is 831 g/mol. The topological polar surface area (TPSA) is 161 Å². The fraction of sp³-hybridized carbons (Fsp3) is 0.532. The minimum absolute atomic E-state index is 0.0320. The maximum Gasteiger partial charge on any atom is 0.303 e. The lowest BCUT2D eigenvalue weighted by Crippen LogP contribution is -2.30. The molecule has 4 unspecified atom stereocenters. The predicted molar refractivity (Wildman–Crippen MR) is 231 cm³/mol. The Kier molecular flexibility index (Phi) is 21.1. The van der Waals surface area contributed by atoms with Crippen LogP contribution in [0.2, 0.25) is 0 Å². The lowest BCUT2D eigenvalue weighted by molar-refractivity contribution is -0.151. The number of benzene rings is 3. The molecule has 4 rings (SSSR count). The molecule has 0 bridgehead atoms. The van der Waals surface area contributed by atoms with Gasteiger partial charge in [-0.3, -0.25) is 4.79 Å². The van der Waals surface area contributed by atoms with Crippen LogP contribution in [0.25, 0.3) is 34.2 Å². The average Bonchev–Trinajstić information content (AvgIpc) is 3.25. The van der Waals surface area contributed by atoms with Gasteiger partial charge in [0.05, 0.1) is 24.3 Å². The number of ether oxygens (including phenoxy) is 7. The van der Waals surface area contributed by atoms with Gasteiger partial charge >= 0.3 is 5.97 Å². The first-order valence-corrected chi connectivity index (χ1v) is 21.3. The van der Waals surface area contributed by atoms with E-state index in [1.165, 1.54) is 25.5 Å². The Bertz CT molecular complexity index is 1850. The van der Waals surface area contributed by atoms with Gasteiger partial charge < -0.3 is 43.4 Å². The van der Waals surface area contributed by atoms with Gasteiger partial charge in [-0.25, -0.2) is 15.0 Å². The molecule has 0 saturated carbocycles. The minimum atomic E-state index is -0.629. The molecule has 4 aromatic rings. The fourth-order valence-electron chi connectivity index (χ4n) is 6.48. The van der Waals surface area contributed by atoms with E-state index in [2.05, 4.69) is 27.7 Å². The fourth-order valence-corrected chi connectivity index (χ4v) is 6.48. The van der Waals surface area contributed by atoms with Crippen molar-refractivity contribution in [1.82, 2.24) is 15.0 Å². The maximum atomic E-state index is 11.9. The summed E-state index contributed by atoms with van der Waals surface area (Å²) in [5.41, 5.74) is 1.38. The van der Waals surface area contributed by atoms with Crippen LogP contribution in [0.15, 0.2) is 66.7 Å². The number of esters is 1. The number of carbonyl (C=O) groups excluding carboxylic acids is 1. The highest BCUT2D eigenvalue weighted by molar-refractivity contribution is 5.72. The van der Waals surface area contributed by atoms with E-state index in [1.807, 2.05) is 30.3 Å². The summed E-state index contributed by atoms with van der Waals surface area (Å²) in [5.74, 6) is 1.74. The maximum absolute atomic E-state index is 11.9.